The summed E-state index contributed by atoms with van der Waals surface area (Å²) in [5, 5.41) is 10.9. The van der Waals surface area contributed by atoms with E-state index >= 15 is 0 Å². The molecule has 1 aliphatic heterocycles. The highest BCUT2D eigenvalue weighted by Crippen LogP contribution is 2.38. The fraction of sp³-hybridized carbons (Fsp3) is 0.267. The van der Waals surface area contributed by atoms with Crippen molar-refractivity contribution in [2.75, 3.05) is 0 Å². The van der Waals surface area contributed by atoms with Crippen LogP contribution in [0.25, 0.3) is 22.3 Å². The average Bonchev–Trinajstić information content (AvgIpc) is 2.90. The van der Waals surface area contributed by atoms with Crippen LogP contribution in [0.1, 0.15) is 11.4 Å². The lowest BCUT2D eigenvalue weighted by Gasteiger charge is -2.18. The van der Waals surface area contributed by atoms with E-state index in [2.05, 4.69) is 21.2 Å². The van der Waals surface area contributed by atoms with Crippen molar-refractivity contribution in [3.63, 3.8) is 0 Å². The van der Waals surface area contributed by atoms with Crippen LogP contribution in [0.15, 0.2) is 24.4 Å². The van der Waals surface area contributed by atoms with Crippen molar-refractivity contribution < 1.29 is 5.11 Å². The molecule has 4 nitrogen and oxygen atoms in total. The molecule has 0 spiro atoms. The maximum atomic E-state index is 9.71. The molecule has 0 saturated heterocycles. The maximum Gasteiger partial charge on any atom is 0.116 e. The van der Waals surface area contributed by atoms with Crippen molar-refractivity contribution >= 4 is 10.9 Å². The molecule has 0 radical (unpaired) electrons. The molecule has 0 saturated carbocycles. The number of phenolic OH excluding ortho intramolecular Hbond substituents is 1. The minimum absolute atomic E-state index is 0.330. The first-order valence-corrected chi connectivity index (χ1v) is 6.49. The number of fused-ring (bicyclic) bond motifs is 5. The number of imidazole rings is 1. The molecule has 0 fully saturated rings. The number of rotatable bonds is 0. The van der Waals surface area contributed by atoms with Crippen LogP contribution in [-0.4, -0.2) is 19.2 Å². The smallest absolute Gasteiger partial charge is 0.116 e. The van der Waals surface area contributed by atoms with Crippen LogP contribution in [0.2, 0.25) is 0 Å². The van der Waals surface area contributed by atoms with Gasteiger partial charge in [0.1, 0.15) is 11.6 Å². The summed E-state index contributed by atoms with van der Waals surface area (Å²) >= 11 is 0. The molecular formula is C15H15N3O. The van der Waals surface area contributed by atoms with Gasteiger partial charge in [-0.1, -0.05) is 0 Å². The minimum Gasteiger partial charge on any atom is -0.508 e. The Morgan fingerprint density at radius 3 is 3.00 bits per heavy atom. The van der Waals surface area contributed by atoms with Crippen molar-refractivity contribution in [3.05, 3.63) is 35.8 Å². The highest BCUT2D eigenvalue weighted by Gasteiger charge is 2.24. The van der Waals surface area contributed by atoms with Crippen LogP contribution >= 0.6 is 0 Å². The van der Waals surface area contributed by atoms with E-state index in [1.807, 2.05) is 25.3 Å². The zero-order valence-electron chi connectivity index (χ0n) is 11.0. The number of aromatic nitrogens is 3. The summed E-state index contributed by atoms with van der Waals surface area (Å²) in [6.45, 7) is 3.01. The standard InChI is InChI=1S/C15H15N3O/c1-9-16-8-14-15-11(5-6-18(9)14)12-7-10(19)3-4-13(12)17(15)2/h3-4,7-8,19H,5-6H2,1-2H3. The first kappa shape index (κ1) is 10.7. The largest absolute Gasteiger partial charge is 0.508 e. The Morgan fingerprint density at radius 2 is 2.16 bits per heavy atom. The third kappa shape index (κ3) is 1.26. The highest BCUT2D eigenvalue weighted by molar-refractivity contribution is 5.92. The Morgan fingerprint density at radius 1 is 1.32 bits per heavy atom. The van der Waals surface area contributed by atoms with E-state index in [0.717, 1.165) is 29.7 Å². The summed E-state index contributed by atoms with van der Waals surface area (Å²) in [7, 11) is 2.08. The minimum atomic E-state index is 0.330. The van der Waals surface area contributed by atoms with Gasteiger partial charge < -0.3 is 14.2 Å². The van der Waals surface area contributed by atoms with Gasteiger partial charge in [-0.15, -0.1) is 0 Å². The maximum absolute atomic E-state index is 9.71. The zero-order chi connectivity index (χ0) is 13.1. The zero-order valence-corrected chi connectivity index (χ0v) is 11.0. The normalized spacial score (nSPS) is 13.6. The second-order valence-corrected chi connectivity index (χ2v) is 5.18. The van der Waals surface area contributed by atoms with Gasteiger partial charge >= 0.3 is 0 Å². The summed E-state index contributed by atoms with van der Waals surface area (Å²) < 4.78 is 4.47. The predicted octanol–water partition coefficient (Wildman–Crippen LogP) is 2.61. The van der Waals surface area contributed by atoms with Crippen LogP contribution in [0.3, 0.4) is 0 Å². The number of aromatic hydroxyl groups is 1. The predicted molar refractivity (Wildman–Crippen MR) is 74.2 cm³/mol. The molecule has 0 bridgehead atoms. The molecule has 0 aliphatic carbocycles. The molecule has 0 atom stereocenters. The van der Waals surface area contributed by atoms with Gasteiger partial charge in [0.05, 0.1) is 17.6 Å². The molecule has 0 amide bonds. The Hall–Kier alpha value is -2.23. The van der Waals surface area contributed by atoms with Gasteiger partial charge in [0.15, 0.2) is 0 Å². The Labute approximate surface area is 110 Å². The molecule has 96 valence electrons. The monoisotopic (exact) mass is 253 g/mol. The van der Waals surface area contributed by atoms with E-state index in [1.54, 1.807) is 6.07 Å². The van der Waals surface area contributed by atoms with Crippen LogP contribution in [0.5, 0.6) is 5.75 Å². The third-order valence-corrected chi connectivity index (χ3v) is 4.17. The van der Waals surface area contributed by atoms with Crippen molar-refractivity contribution in [2.45, 2.75) is 19.9 Å². The number of benzene rings is 1. The molecule has 4 heteroatoms. The lowest BCUT2D eigenvalue weighted by Crippen LogP contribution is -2.12. The molecule has 3 aromatic rings. The summed E-state index contributed by atoms with van der Waals surface area (Å²) in [5.74, 6) is 1.39. The van der Waals surface area contributed by atoms with Gasteiger partial charge in [0, 0.05) is 24.5 Å². The van der Waals surface area contributed by atoms with Crippen LogP contribution < -0.4 is 0 Å². The van der Waals surface area contributed by atoms with Gasteiger partial charge in [0.2, 0.25) is 0 Å². The number of nitrogens with zero attached hydrogens (tertiary/aromatic N) is 3. The first-order chi connectivity index (χ1) is 9.16. The molecule has 1 aromatic carbocycles. The lowest BCUT2D eigenvalue weighted by atomic mass is 10.0. The fourth-order valence-corrected chi connectivity index (χ4v) is 3.25. The Bertz CT molecular complexity index is 811. The van der Waals surface area contributed by atoms with Gasteiger partial charge in [-0.25, -0.2) is 4.98 Å². The molecule has 19 heavy (non-hydrogen) atoms. The summed E-state index contributed by atoms with van der Waals surface area (Å²) in [6, 6.07) is 5.60. The van der Waals surface area contributed by atoms with Crippen molar-refractivity contribution in [1.82, 2.24) is 14.1 Å². The second kappa shape index (κ2) is 3.41. The number of aryl methyl sites for hydroxylation is 3. The molecule has 4 rings (SSSR count). The SMILES string of the molecule is Cc1ncc2n1CCc1c-2n(C)c2ccc(O)cc12. The molecule has 1 N–H and O–H groups in total. The molecule has 3 heterocycles. The quantitative estimate of drug-likeness (QED) is 0.669. The van der Waals surface area contributed by atoms with E-state index in [0.29, 0.717) is 5.75 Å². The fourth-order valence-electron chi connectivity index (χ4n) is 3.25. The van der Waals surface area contributed by atoms with Gasteiger partial charge in [-0.05, 0) is 37.1 Å². The van der Waals surface area contributed by atoms with Gasteiger partial charge in [-0.2, -0.15) is 0 Å². The van der Waals surface area contributed by atoms with E-state index in [1.165, 1.54) is 17.0 Å². The molecule has 0 unspecified atom stereocenters. The van der Waals surface area contributed by atoms with Crippen molar-refractivity contribution in [1.29, 1.82) is 0 Å². The van der Waals surface area contributed by atoms with Crippen LogP contribution in [0.4, 0.5) is 0 Å². The van der Waals surface area contributed by atoms with E-state index < -0.39 is 0 Å². The van der Waals surface area contributed by atoms with E-state index in [-0.39, 0.29) is 0 Å². The molecular weight excluding hydrogens is 238 g/mol. The number of hydrogen-bond acceptors (Lipinski definition) is 2. The third-order valence-electron chi connectivity index (χ3n) is 4.17. The van der Waals surface area contributed by atoms with Gasteiger partial charge in [-0.3, -0.25) is 0 Å². The average molecular weight is 253 g/mol. The molecule has 1 aliphatic rings. The second-order valence-electron chi connectivity index (χ2n) is 5.18. The summed E-state index contributed by atoms with van der Waals surface area (Å²) in [6.07, 6.45) is 2.94. The van der Waals surface area contributed by atoms with Gasteiger partial charge in [0.25, 0.3) is 0 Å². The van der Waals surface area contributed by atoms with E-state index in [9.17, 15) is 5.11 Å². The van der Waals surface area contributed by atoms with Crippen LogP contribution in [-0.2, 0) is 20.0 Å². The van der Waals surface area contributed by atoms with Crippen molar-refractivity contribution in [2.24, 2.45) is 7.05 Å². The Balaban J connectivity index is 2.14. The van der Waals surface area contributed by atoms with Crippen molar-refractivity contribution in [3.8, 4) is 17.1 Å². The van der Waals surface area contributed by atoms with Crippen LogP contribution in [0, 0.1) is 6.92 Å². The number of hydrogen-bond donors (Lipinski definition) is 1. The molecule has 2 aromatic heterocycles. The lowest BCUT2D eigenvalue weighted by molar-refractivity contribution is 0.476. The Kier molecular flexibility index (Phi) is 1.91. The highest BCUT2D eigenvalue weighted by atomic mass is 16.3. The summed E-state index contributed by atoms with van der Waals surface area (Å²) in [4.78, 5) is 4.43. The number of phenols is 1. The topological polar surface area (TPSA) is 43.0 Å². The van der Waals surface area contributed by atoms with E-state index in [4.69, 9.17) is 0 Å². The first-order valence-electron chi connectivity index (χ1n) is 6.49. The summed E-state index contributed by atoms with van der Waals surface area (Å²) in [5.41, 5.74) is 4.89.